The average Bonchev–Trinajstić information content (AvgIpc) is 2.89. The third-order valence-electron chi connectivity index (χ3n) is 6.39. The van der Waals surface area contributed by atoms with Crippen LogP contribution in [0.2, 0.25) is 5.02 Å². The van der Waals surface area contributed by atoms with Gasteiger partial charge in [0.15, 0.2) is 4.91 Å². The van der Waals surface area contributed by atoms with Gasteiger partial charge in [-0.25, -0.2) is 17.8 Å². The molecule has 1 aliphatic rings. The molecule has 1 aromatic heterocycles. The number of amidine groups is 1. The van der Waals surface area contributed by atoms with E-state index in [-0.39, 0.29) is 15.5 Å². The molecule has 1 atom stereocenters. The van der Waals surface area contributed by atoms with Crippen molar-refractivity contribution in [2.45, 2.75) is 50.5 Å². The molecule has 0 amide bonds. The van der Waals surface area contributed by atoms with Gasteiger partial charge in [-0.2, -0.15) is 0 Å². The van der Waals surface area contributed by atoms with E-state index in [1.807, 2.05) is 26.0 Å². The summed E-state index contributed by atoms with van der Waals surface area (Å²) in [7, 11) is -4.21. The molecular formula is C29H29ClFN3O3S. The molecule has 0 saturated heterocycles. The Labute approximate surface area is 227 Å². The number of unbranched alkanes of at least 4 members (excludes halogenated alkanes) is 1. The molecule has 4 rings (SSSR count). The van der Waals surface area contributed by atoms with Crippen LogP contribution in [0.1, 0.15) is 51.1 Å². The van der Waals surface area contributed by atoms with E-state index in [4.69, 9.17) is 11.6 Å². The van der Waals surface area contributed by atoms with Crippen LogP contribution in [0.25, 0.3) is 11.1 Å². The highest BCUT2D eigenvalue weighted by molar-refractivity contribution is 7.95. The maximum atomic E-state index is 13.8. The number of aromatic nitrogens is 1. The van der Waals surface area contributed by atoms with Crippen molar-refractivity contribution in [1.29, 1.82) is 0 Å². The molecule has 3 aromatic rings. The van der Waals surface area contributed by atoms with Crippen LogP contribution in [-0.2, 0) is 9.84 Å². The van der Waals surface area contributed by atoms with E-state index in [0.717, 1.165) is 24.6 Å². The number of sulfone groups is 1. The van der Waals surface area contributed by atoms with Crippen molar-refractivity contribution >= 4 is 27.3 Å². The number of nitrogens with zero attached hydrogens (tertiary/aromatic N) is 3. The van der Waals surface area contributed by atoms with E-state index in [1.54, 1.807) is 29.2 Å². The molecule has 1 aliphatic heterocycles. The number of aliphatic hydroxyl groups is 1. The van der Waals surface area contributed by atoms with Crippen molar-refractivity contribution in [2.75, 3.05) is 0 Å². The Morgan fingerprint density at radius 1 is 1.08 bits per heavy atom. The summed E-state index contributed by atoms with van der Waals surface area (Å²) in [4.78, 5) is 9.63. The molecule has 2 aromatic carbocycles. The minimum absolute atomic E-state index is 0.0239. The summed E-state index contributed by atoms with van der Waals surface area (Å²) < 4.78 is 41.2. The van der Waals surface area contributed by atoms with E-state index < -0.39 is 27.6 Å². The Morgan fingerprint density at radius 2 is 1.82 bits per heavy atom. The Kier molecular flexibility index (Phi) is 8.33. The number of aliphatic imine (C=N–C) groups is 1. The van der Waals surface area contributed by atoms with E-state index in [0.29, 0.717) is 34.8 Å². The lowest BCUT2D eigenvalue weighted by atomic mass is 10.0. The Balaban J connectivity index is 1.79. The fourth-order valence-electron chi connectivity index (χ4n) is 4.53. The van der Waals surface area contributed by atoms with Crippen molar-refractivity contribution in [2.24, 2.45) is 4.99 Å². The van der Waals surface area contributed by atoms with Crippen molar-refractivity contribution in [3.63, 3.8) is 0 Å². The van der Waals surface area contributed by atoms with Gasteiger partial charge in [-0.15, -0.1) is 0 Å². The van der Waals surface area contributed by atoms with Crippen molar-refractivity contribution < 1.29 is 17.9 Å². The molecule has 9 heteroatoms. The summed E-state index contributed by atoms with van der Waals surface area (Å²) in [5.41, 5.74) is 1.92. The van der Waals surface area contributed by atoms with Crippen LogP contribution in [0.5, 0.6) is 0 Å². The second kappa shape index (κ2) is 11.5. The van der Waals surface area contributed by atoms with Crippen LogP contribution in [0, 0.1) is 5.82 Å². The minimum Gasteiger partial charge on any atom is -0.493 e. The van der Waals surface area contributed by atoms with Crippen LogP contribution in [0.4, 0.5) is 4.39 Å². The second-order valence-electron chi connectivity index (χ2n) is 9.00. The van der Waals surface area contributed by atoms with Gasteiger partial charge in [0.2, 0.25) is 15.7 Å². The maximum Gasteiger partial charge on any atom is 0.214 e. The molecule has 1 N–H and O–H groups in total. The zero-order valence-electron chi connectivity index (χ0n) is 21.2. The summed E-state index contributed by atoms with van der Waals surface area (Å²) in [6.07, 6.45) is 5.40. The lowest BCUT2D eigenvalue weighted by Gasteiger charge is -2.37. The first-order valence-corrected chi connectivity index (χ1v) is 14.2. The van der Waals surface area contributed by atoms with Gasteiger partial charge in [0.1, 0.15) is 11.7 Å². The number of rotatable bonds is 9. The highest BCUT2D eigenvalue weighted by atomic mass is 35.5. The van der Waals surface area contributed by atoms with E-state index in [2.05, 4.69) is 16.6 Å². The summed E-state index contributed by atoms with van der Waals surface area (Å²) >= 11 is 6.25. The second-order valence-corrected chi connectivity index (χ2v) is 11.3. The largest absolute Gasteiger partial charge is 0.493 e. The monoisotopic (exact) mass is 553 g/mol. The van der Waals surface area contributed by atoms with Gasteiger partial charge in [-0.05, 0) is 54.3 Å². The first kappa shape index (κ1) is 27.5. The van der Waals surface area contributed by atoms with E-state index in [1.165, 1.54) is 24.4 Å². The molecule has 38 heavy (non-hydrogen) atoms. The van der Waals surface area contributed by atoms with Crippen LogP contribution < -0.4 is 0 Å². The Hall–Kier alpha value is -3.49. The highest BCUT2D eigenvalue weighted by Gasteiger charge is 2.38. The van der Waals surface area contributed by atoms with Crippen LogP contribution in [0.3, 0.4) is 0 Å². The van der Waals surface area contributed by atoms with E-state index in [9.17, 15) is 17.9 Å². The number of benzene rings is 2. The predicted molar refractivity (Wildman–Crippen MR) is 149 cm³/mol. The number of hydrogen-bond acceptors (Lipinski definition) is 6. The summed E-state index contributed by atoms with van der Waals surface area (Å²) in [5, 5.41) is 12.1. The first-order valence-electron chi connectivity index (χ1n) is 12.4. The molecule has 6 nitrogen and oxygen atoms in total. The van der Waals surface area contributed by atoms with Gasteiger partial charge in [-0.3, -0.25) is 9.88 Å². The van der Waals surface area contributed by atoms with Crippen molar-refractivity contribution in [3.05, 3.63) is 106 Å². The van der Waals surface area contributed by atoms with Crippen LogP contribution >= 0.6 is 11.6 Å². The van der Waals surface area contributed by atoms with Gasteiger partial charge < -0.3 is 5.11 Å². The Bertz CT molecular complexity index is 1520. The maximum absolute atomic E-state index is 13.8. The number of halogens is 2. The van der Waals surface area contributed by atoms with Gasteiger partial charge >= 0.3 is 0 Å². The summed E-state index contributed by atoms with van der Waals surface area (Å²) in [6.45, 7) is 7.90. The number of hydrogen-bond donors (Lipinski definition) is 1. The molecular weight excluding hydrogens is 525 g/mol. The third kappa shape index (κ3) is 5.51. The molecule has 0 fully saturated rings. The molecule has 2 heterocycles. The summed E-state index contributed by atoms with van der Waals surface area (Å²) in [6, 6.07) is 14.2. The summed E-state index contributed by atoms with van der Waals surface area (Å²) in [5.74, 6) is -0.356. The van der Waals surface area contributed by atoms with Gasteiger partial charge in [0, 0.05) is 23.2 Å². The lowest BCUT2D eigenvalue weighted by molar-refractivity contribution is 0.217. The molecule has 0 unspecified atom stereocenters. The van der Waals surface area contributed by atoms with Gasteiger partial charge in [0.25, 0.3) is 0 Å². The molecule has 0 saturated carbocycles. The lowest BCUT2D eigenvalue weighted by Crippen LogP contribution is -2.38. The fourth-order valence-corrected chi connectivity index (χ4v) is 6.15. The number of aliphatic hydroxyl groups excluding tert-OH is 1. The quantitative estimate of drug-likeness (QED) is 0.295. The van der Waals surface area contributed by atoms with Crippen molar-refractivity contribution in [3.8, 4) is 11.1 Å². The normalized spacial score (nSPS) is 15.0. The zero-order chi connectivity index (χ0) is 27.4. The Morgan fingerprint density at radius 3 is 2.45 bits per heavy atom. The van der Waals surface area contributed by atoms with Gasteiger partial charge in [0.05, 0.1) is 22.8 Å². The van der Waals surface area contributed by atoms with E-state index >= 15 is 0 Å². The standard InChI is InChI=1S/C29H29ClFN3O3S/c1-4-6-10-27-33-19(3)28(29(35)34(27)26(5-2)21-8-7-9-23(30)15-21)38(36,37)25-13-11-20(12-14-25)22-16-24(31)18-32-17-22/h7-9,11-18,26,35H,3-6,10H2,1-2H3/t26-/m0/s1. The highest BCUT2D eigenvalue weighted by Crippen LogP contribution is 2.39. The average molecular weight is 554 g/mol. The fraction of sp³-hybridized carbons (Fsp3) is 0.241. The molecule has 0 bridgehead atoms. The SMILES string of the molecule is C=C1N=C(CCCC)N([C@@H](CC)c2cccc(Cl)c2)C(O)=C1S(=O)(=O)c1ccc(-c2cncc(F)c2)cc1. The number of pyridine rings is 1. The van der Waals surface area contributed by atoms with Crippen LogP contribution in [0.15, 0.2) is 99.9 Å². The predicted octanol–water partition coefficient (Wildman–Crippen LogP) is 7.61. The van der Waals surface area contributed by atoms with Crippen LogP contribution in [-0.4, -0.2) is 29.2 Å². The topological polar surface area (TPSA) is 82.9 Å². The third-order valence-corrected chi connectivity index (χ3v) is 8.48. The smallest absolute Gasteiger partial charge is 0.214 e. The molecule has 198 valence electrons. The zero-order valence-corrected chi connectivity index (χ0v) is 22.8. The van der Waals surface area contributed by atoms with Gasteiger partial charge in [-0.1, -0.05) is 62.7 Å². The van der Waals surface area contributed by atoms with Crippen molar-refractivity contribution in [1.82, 2.24) is 9.88 Å². The molecule has 0 radical (unpaired) electrons. The molecule has 0 aliphatic carbocycles. The first-order chi connectivity index (χ1) is 18.2. The molecule has 0 spiro atoms. The minimum atomic E-state index is -4.21.